The number of amides is 1. The summed E-state index contributed by atoms with van der Waals surface area (Å²) in [5.41, 5.74) is 6.65. The molecule has 0 radical (unpaired) electrons. The molecule has 1 fully saturated rings. The highest BCUT2D eigenvalue weighted by Crippen LogP contribution is 2.37. The second-order valence-electron chi connectivity index (χ2n) is 3.76. The molecule has 0 saturated carbocycles. The Labute approximate surface area is 104 Å². The van der Waals surface area contributed by atoms with Gasteiger partial charge in [-0.05, 0) is 24.6 Å². The minimum atomic E-state index is -0.487. The number of nitrogens with zero attached hydrogens (tertiary/aromatic N) is 1. The number of rotatable bonds is 2. The number of halogens is 2. The highest BCUT2D eigenvalue weighted by Gasteiger charge is 2.45. The van der Waals surface area contributed by atoms with Gasteiger partial charge in [-0.25, -0.2) is 0 Å². The van der Waals surface area contributed by atoms with Gasteiger partial charge in [-0.2, -0.15) is 0 Å². The predicted molar refractivity (Wildman–Crippen MR) is 64.6 cm³/mol. The van der Waals surface area contributed by atoms with E-state index < -0.39 is 6.04 Å². The molecule has 0 bridgehead atoms. The number of hydrogen-bond donors (Lipinski definition) is 1. The molecule has 1 amide bonds. The maximum Gasteiger partial charge on any atom is 0.242 e. The van der Waals surface area contributed by atoms with Gasteiger partial charge in [-0.15, -0.1) is 0 Å². The third-order valence-corrected chi connectivity index (χ3v) is 3.43. The summed E-state index contributed by atoms with van der Waals surface area (Å²) in [6, 6.07) is 4.64. The van der Waals surface area contributed by atoms with Crippen LogP contribution in [0.2, 0.25) is 10.0 Å². The van der Waals surface area contributed by atoms with Crippen LogP contribution in [-0.4, -0.2) is 23.4 Å². The molecule has 1 aromatic carbocycles. The summed E-state index contributed by atoms with van der Waals surface area (Å²) in [5, 5.41) is 1.13. The molecule has 1 aliphatic rings. The second-order valence-corrected chi connectivity index (χ2v) is 4.60. The van der Waals surface area contributed by atoms with E-state index in [0.717, 1.165) is 5.56 Å². The lowest BCUT2D eigenvalue weighted by Gasteiger charge is -2.45. The van der Waals surface area contributed by atoms with Crippen LogP contribution in [0.25, 0.3) is 0 Å². The SMILES string of the molecule is CCN1C(=O)[C@H](N)[C@@H]1c1ccc(Cl)cc1Cl. The van der Waals surface area contributed by atoms with Crippen molar-refractivity contribution in [3.8, 4) is 0 Å². The van der Waals surface area contributed by atoms with Crippen LogP contribution in [0.15, 0.2) is 18.2 Å². The van der Waals surface area contributed by atoms with Crippen molar-refractivity contribution < 1.29 is 4.79 Å². The molecule has 0 unspecified atom stereocenters. The first-order valence-corrected chi connectivity index (χ1v) is 5.83. The molecular formula is C11H12Cl2N2O. The summed E-state index contributed by atoms with van der Waals surface area (Å²) in [4.78, 5) is 13.2. The lowest BCUT2D eigenvalue weighted by Crippen LogP contribution is -2.62. The summed E-state index contributed by atoms with van der Waals surface area (Å²) in [6.45, 7) is 2.55. The quantitative estimate of drug-likeness (QED) is 0.828. The lowest BCUT2D eigenvalue weighted by molar-refractivity contribution is -0.149. The van der Waals surface area contributed by atoms with E-state index in [1.165, 1.54) is 0 Å². The highest BCUT2D eigenvalue weighted by atomic mass is 35.5. The summed E-state index contributed by atoms with van der Waals surface area (Å²) in [7, 11) is 0. The number of carbonyl (C=O) groups is 1. The van der Waals surface area contributed by atoms with Gasteiger partial charge in [-0.1, -0.05) is 29.3 Å². The van der Waals surface area contributed by atoms with Gasteiger partial charge in [0.1, 0.15) is 6.04 Å². The Morgan fingerprint density at radius 1 is 1.44 bits per heavy atom. The Bertz CT molecular complexity index is 436. The molecule has 16 heavy (non-hydrogen) atoms. The molecule has 0 aliphatic carbocycles. The molecule has 1 heterocycles. The lowest BCUT2D eigenvalue weighted by atomic mass is 9.89. The van der Waals surface area contributed by atoms with Crippen molar-refractivity contribution in [1.82, 2.24) is 4.90 Å². The van der Waals surface area contributed by atoms with E-state index in [0.29, 0.717) is 16.6 Å². The molecule has 2 atom stereocenters. The van der Waals surface area contributed by atoms with Crippen LogP contribution in [-0.2, 0) is 4.79 Å². The summed E-state index contributed by atoms with van der Waals surface area (Å²) < 4.78 is 0. The average Bonchev–Trinajstić information content (AvgIpc) is 2.26. The first-order valence-electron chi connectivity index (χ1n) is 5.07. The van der Waals surface area contributed by atoms with Gasteiger partial charge in [0.05, 0.1) is 6.04 Å². The van der Waals surface area contributed by atoms with Crippen molar-refractivity contribution in [1.29, 1.82) is 0 Å². The minimum absolute atomic E-state index is 0.0292. The third kappa shape index (κ3) is 1.69. The molecule has 0 spiro atoms. The van der Waals surface area contributed by atoms with Crippen LogP contribution in [0.5, 0.6) is 0 Å². The normalized spacial score (nSPS) is 24.5. The first-order chi connectivity index (χ1) is 7.56. The van der Waals surface area contributed by atoms with Crippen molar-refractivity contribution in [2.24, 2.45) is 5.73 Å². The van der Waals surface area contributed by atoms with Crippen LogP contribution < -0.4 is 5.73 Å². The molecule has 3 nitrogen and oxygen atoms in total. The molecule has 1 aromatic rings. The van der Waals surface area contributed by atoms with Gasteiger partial charge in [0, 0.05) is 16.6 Å². The zero-order valence-electron chi connectivity index (χ0n) is 8.78. The van der Waals surface area contributed by atoms with Crippen molar-refractivity contribution in [3.05, 3.63) is 33.8 Å². The molecule has 86 valence electrons. The Kier molecular flexibility index (Phi) is 3.10. The molecular weight excluding hydrogens is 247 g/mol. The van der Waals surface area contributed by atoms with Gasteiger partial charge in [-0.3, -0.25) is 4.79 Å². The number of likely N-dealkylation sites (tertiary alicyclic amines) is 1. The molecule has 5 heteroatoms. The van der Waals surface area contributed by atoms with Gasteiger partial charge < -0.3 is 10.6 Å². The predicted octanol–water partition coefficient (Wildman–Crippen LogP) is 2.22. The Hall–Kier alpha value is -0.770. The number of hydrogen-bond acceptors (Lipinski definition) is 2. The fourth-order valence-electron chi connectivity index (χ4n) is 2.03. The smallest absolute Gasteiger partial charge is 0.242 e. The van der Waals surface area contributed by atoms with Gasteiger partial charge in [0.2, 0.25) is 5.91 Å². The van der Waals surface area contributed by atoms with E-state index >= 15 is 0 Å². The highest BCUT2D eigenvalue weighted by molar-refractivity contribution is 6.35. The van der Waals surface area contributed by atoms with E-state index in [-0.39, 0.29) is 11.9 Å². The number of β-lactam (4-membered cyclic amide) rings is 1. The minimum Gasteiger partial charge on any atom is -0.332 e. The van der Waals surface area contributed by atoms with E-state index in [1.807, 2.05) is 13.0 Å². The maximum absolute atomic E-state index is 11.5. The number of benzene rings is 1. The number of nitrogens with two attached hydrogens (primary N) is 1. The first kappa shape index (κ1) is 11.7. The molecule has 2 N–H and O–H groups in total. The van der Waals surface area contributed by atoms with Crippen molar-refractivity contribution in [2.75, 3.05) is 6.54 Å². The topological polar surface area (TPSA) is 46.3 Å². The second kappa shape index (κ2) is 4.24. The Morgan fingerprint density at radius 3 is 2.69 bits per heavy atom. The van der Waals surface area contributed by atoms with Gasteiger partial charge >= 0.3 is 0 Å². The zero-order valence-corrected chi connectivity index (χ0v) is 10.3. The van der Waals surface area contributed by atoms with Crippen LogP contribution in [0.4, 0.5) is 0 Å². The molecule has 1 saturated heterocycles. The average molecular weight is 259 g/mol. The fraction of sp³-hybridized carbons (Fsp3) is 0.364. The largest absolute Gasteiger partial charge is 0.332 e. The molecule has 0 aromatic heterocycles. The number of carbonyl (C=O) groups excluding carboxylic acids is 1. The van der Waals surface area contributed by atoms with E-state index in [9.17, 15) is 4.79 Å². The van der Waals surface area contributed by atoms with Crippen LogP contribution in [0.3, 0.4) is 0 Å². The van der Waals surface area contributed by atoms with Crippen LogP contribution >= 0.6 is 23.2 Å². The Morgan fingerprint density at radius 2 is 2.12 bits per heavy atom. The Balaban J connectivity index is 2.34. The van der Waals surface area contributed by atoms with Crippen molar-refractivity contribution in [2.45, 2.75) is 19.0 Å². The molecule has 1 aliphatic heterocycles. The maximum atomic E-state index is 11.5. The van der Waals surface area contributed by atoms with Gasteiger partial charge in [0.25, 0.3) is 0 Å². The van der Waals surface area contributed by atoms with E-state index in [1.54, 1.807) is 17.0 Å². The van der Waals surface area contributed by atoms with Crippen LogP contribution in [0, 0.1) is 0 Å². The van der Waals surface area contributed by atoms with Crippen LogP contribution in [0.1, 0.15) is 18.5 Å². The molecule has 2 rings (SSSR count). The van der Waals surface area contributed by atoms with Crippen molar-refractivity contribution >= 4 is 29.1 Å². The van der Waals surface area contributed by atoms with Gasteiger partial charge in [0.15, 0.2) is 0 Å². The standard InChI is InChI=1S/C11H12Cl2N2O/c1-2-15-10(9(14)11(15)16)7-4-3-6(12)5-8(7)13/h3-5,9-10H,2,14H2,1H3/t9-,10+/m1/s1. The van der Waals surface area contributed by atoms with E-state index in [4.69, 9.17) is 28.9 Å². The summed E-state index contributed by atoms with van der Waals surface area (Å²) >= 11 is 11.9. The summed E-state index contributed by atoms with van der Waals surface area (Å²) in [5.74, 6) is -0.0292. The van der Waals surface area contributed by atoms with Crippen molar-refractivity contribution in [3.63, 3.8) is 0 Å². The van der Waals surface area contributed by atoms with E-state index in [2.05, 4.69) is 0 Å². The summed E-state index contributed by atoms with van der Waals surface area (Å²) in [6.07, 6.45) is 0. The zero-order chi connectivity index (χ0) is 11.9. The number of likely N-dealkylation sites (N-methyl/N-ethyl adjacent to an activating group) is 1. The monoisotopic (exact) mass is 258 g/mol. The fourth-order valence-corrected chi connectivity index (χ4v) is 2.55. The third-order valence-electron chi connectivity index (χ3n) is 2.87.